The zero-order valence-corrected chi connectivity index (χ0v) is 42.0. The Bertz CT molecular complexity index is 2040. The number of benzene rings is 2. The molecule has 1 fully saturated rings. The normalized spacial score (nSPS) is 14.2. The van der Waals surface area contributed by atoms with Gasteiger partial charge in [-0.3, -0.25) is 9.97 Å². The van der Waals surface area contributed by atoms with Gasteiger partial charge in [-0.2, -0.15) is 0 Å². The second kappa shape index (κ2) is 34.1. The fourth-order valence-corrected chi connectivity index (χ4v) is 7.92. The van der Waals surface area contributed by atoms with E-state index < -0.39 is 24.5 Å². The fraction of sp³-hybridized carbons (Fsp3) is 0.483. The van der Waals surface area contributed by atoms with Crippen LogP contribution in [-0.2, 0) is 38.0 Å². The van der Waals surface area contributed by atoms with Gasteiger partial charge in [0.1, 0.15) is 11.5 Å². The highest BCUT2D eigenvalue weighted by atomic mass is 16.8. The molecule has 0 unspecified atom stereocenters. The molecule has 5 rings (SSSR count). The Balaban J connectivity index is 0.927. The zero-order chi connectivity index (χ0) is 50.9. The number of carbonyl (C=O) groups excluding carboxylic acids is 4. The summed E-state index contributed by atoms with van der Waals surface area (Å²) in [4.78, 5) is 57.6. The van der Waals surface area contributed by atoms with Gasteiger partial charge in [-0.25, -0.2) is 19.2 Å². The summed E-state index contributed by atoms with van der Waals surface area (Å²) in [5.74, 6) is -0.605. The van der Waals surface area contributed by atoms with Gasteiger partial charge in [0.05, 0.1) is 74.5 Å². The zero-order valence-electron chi connectivity index (χ0n) is 42.0. The molecule has 0 radical (unpaired) electrons. The smallest absolute Gasteiger partial charge is 0.340 e. The molecule has 0 bridgehead atoms. The third kappa shape index (κ3) is 21.9. The van der Waals surface area contributed by atoms with E-state index >= 15 is 0 Å². The summed E-state index contributed by atoms with van der Waals surface area (Å²) >= 11 is 0. The Morgan fingerprint density at radius 2 is 0.764 bits per heavy atom. The molecule has 2 atom stereocenters. The molecule has 0 amide bonds. The van der Waals surface area contributed by atoms with Crippen LogP contribution in [0.3, 0.4) is 0 Å². The quantitative estimate of drug-likeness (QED) is 0.0183. The monoisotopic (exact) mass is 991 g/mol. The van der Waals surface area contributed by atoms with E-state index in [1.165, 1.54) is 89.2 Å². The third-order valence-corrected chi connectivity index (χ3v) is 12.1. The molecule has 14 heteroatoms. The van der Waals surface area contributed by atoms with Crippen LogP contribution in [0.5, 0.6) is 11.5 Å². The van der Waals surface area contributed by atoms with E-state index in [2.05, 4.69) is 23.1 Å². The average molecular weight is 991 g/mol. The van der Waals surface area contributed by atoms with Gasteiger partial charge in [-0.1, -0.05) is 140 Å². The summed E-state index contributed by atoms with van der Waals surface area (Å²) in [6, 6.07) is 21.3. The van der Waals surface area contributed by atoms with Gasteiger partial charge >= 0.3 is 23.9 Å². The van der Waals surface area contributed by atoms with Crippen molar-refractivity contribution in [3.63, 3.8) is 0 Å². The number of nitrogens with zero attached hydrogens (tertiary/aromatic N) is 2. The van der Waals surface area contributed by atoms with Gasteiger partial charge < -0.3 is 37.9 Å². The number of ether oxygens (including phenoxy) is 8. The van der Waals surface area contributed by atoms with Gasteiger partial charge in [0.15, 0.2) is 0 Å². The van der Waals surface area contributed by atoms with Crippen LogP contribution >= 0.6 is 0 Å². The van der Waals surface area contributed by atoms with Crippen LogP contribution < -0.4 is 9.47 Å². The van der Waals surface area contributed by atoms with Crippen LogP contribution in [0.1, 0.15) is 149 Å². The first-order valence-corrected chi connectivity index (χ1v) is 25.9. The van der Waals surface area contributed by atoms with Crippen molar-refractivity contribution < 1.29 is 57.1 Å². The standard InChI is InChI=1S/C58H74N2O12/c1-3-53(61)67-39-23-19-15-11-7-5-9-13-17-21-37-65-49-33-35-51(59-43-49)45-25-29-47(30-26-45)55(63)71-57-58(70-42-41-69-57)72-56(64)48-31-27-46(28-32-48)52-36-34-50(44-60-52)66-38-22-18-14-10-6-8-12-16-20-24-40-68-54(62)4-2/h3-4,25-36,43-44,57-58H,1-2,5-24,37-42H2/t57-,58-/m0/s1. The highest BCUT2D eigenvalue weighted by Gasteiger charge is 2.34. The maximum Gasteiger partial charge on any atom is 0.340 e. The summed E-state index contributed by atoms with van der Waals surface area (Å²) in [6.45, 7) is 9.33. The van der Waals surface area contributed by atoms with Crippen molar-refractivity contribution >= 4 is 23.9 Å². The van der Waals surface area contributed by atoms with Gasteiger partial charge in [-0.05, 0) is 74.2 Å². The van der Waals surface area contributed by atoms with Crippen molar-refractivity contribution in [2.45, 2.75) is 141 Å². The average Bonchev–Trinajstić information content (AvgIpc) is 3.41. The molecule has 4 aromatic rings. The third-order valence-electron chi connectivity index (χ3n) is 12.1. The number of unbranched alkanes of at least 4 members (excludes halogenated alkanes) is 18. The minimum atomic E-state index is -1.26. The van der Waals surface area contributed by atoms with Crippen LogP contribution in [0, 0.1) is 0 Å². The predicted octanol–water partition coefficient (Wildman–Crippen LogP) is 12.5. The summed E-state index contributed by atoms with van der Waals surface area (Å²) in [5.41, 5.74) is 3.66. The molecule has 3 heterocycles. The van der Waals surface area contributed by atoms with Gasteiger partial charge in [0.2, 0.25) is 0 Å². The highest BCUT2D eigenvalue weighted by molar-refractivity contribution is 5.91. The van der Waals surface area contributed by atoms with Crippen LogP contribution in [0.4, 0.5) is 0 Å². The molecule has 0 saturated carbocycles. The van der Waals surface area contributed by atoms with Gasteiger partial charge in [0.25, 0.3) is 12.6 Å². The van der Waals surface area contributed by atoms with E-state index in [0.717, 1.165) is 73.9 Å². The van der Waals surface area contributed by atoms with Crippen molar-refractivity contribution in [3.05, 3.63) is 122 Å². The lowest BCUT2D eigenvalue weighted by Crippen LogP contribution is -2.44. The molecule has 1 aliphatic heterocycles. The van der Waals surface area contributed by atoms with Crippen LogP contribution in [0.15, 0.2) is 111 Å². The van der Waals surface area contributed by atoms with E-state index in [1.807, 2.05) is 24.3 Å². The van der Waals surface area contributed by atoms with E-state index in [1.54, 1.807) is 60.9 Å². The molecular weight excluding hydrogens is 917 g/mol. The SMILES string of the molecule is C=CC(=O)OCCCCCCCCCCCCOc1ccc(-c2ccc(C(=O)O[C@@H]3OCCO[C@H]3OC(=O)c3ccc(-c4ccc(OCCCCCCCCCCCCOC(=O)C=C)cn4)cc3)cc2)nc1. The Kier molecular flexibility index (Phi) is 26.7. The summed E-state index contributed by atoms with van der Waals surface area (Å²) in [6.07, 6.45) is 26.0. The molecule has 1 aliphatic rings. The Morgan fingerprint density at radius 1 is 0.444 bits per heavy atom. The molecule has 72 heavy (non-hydrogen) atoms. The minimum Gasteiger partial charge on any atom is -0.492 e. The van der Waals surface area contributed by atoms with Crippen molar-refractivity contribution in [1.82, 2.24) is 9.97 Å². The second-order valence-electron chi connectivity index (χ2n) is 17.7. The van der Waals surface area contributed by atoms with Crippen LogP contribution in [0.2, 0.25) is 0 Å². The molecule has 2 aromatic heterocycles. The highest BCUT2D eigenvalue weighted by Crippen LogP contribution is 2.25. The maximum atomic E-state index is 13.2. The second-order valence-corrected chi connectivity index (χ2v) is 17.7. The van der Waals surface area contributed by atoms with E-state index in [-0.39, 0.29) is 36.3 Å². The summed E-state index contributed by atoms with van der Waals surface area (Å²) in [5, 5.41) is 0. The Hall–Kier alpha value is -6.38. The number of aromatic nitrogens is 2. The van der Waals surface area contributed by atoms with E-state index in [4.69, 9.17) is 37.9 Å². The molecule has 388 valence electrons. The lowest BCUT2D eigenvalue weighted by molar-refractivity contribution is -0.288. The number of hydrogen-bond acceptors (Lipinski definition) is 14. The predicted molar refractivity (Wildman–Crippen MR) is 275 cm³/mol. The van der Waals surface area contributed by atoms with Crippen molar-refractivity contribution in [3.8, 4) is 34.0 Å². The topological polar surface area (TPSA) is 168 Å². The number of carbonyl (C=O) groups is 4. The maximum absolute atomic E-state index is 13.2. The first kappa shape index (κ1) is 56.5. The van der Waals surface area contributed by atoms with Gasteiger partial charge in [0, 0.05) is 23.3 Å². The lowest BCUT2D eigenvalue weighted by Gasteiger charge is -2.30. The molecule has 2 aromatic carbocycles. The fourth-order valence-electron chi connectivity index (χ4n) is 7.92. The van der Waals surface area contributed by atoms with E-state index in [0.29, 0.717) is 37.9 Å². The number of rotatable bonds is 36. The van der Waals surface area contributed by atoms with Gasteiger partial charge in [-0.15, -0.1) is 0 Å². The summed E-state index contributed by atoms with van der Waals surface area (Å²) < 4.78 is 44.4. The van der Waals surface area contributed by atoms with Crippen LogP contribution in [-0.4, -0.2) is 86.1 Å². The number of esters is 4. The Morgan fingerprint density at radius 3 is 1.07 bits per heavy atom. The van der Waals surface area contributed by atoms with Crippen molar-refractivity contribution in [1.29, 1.82) is 0 Å². The lowest BCUT2D eigenvalue weighted by atomic mass is 10.1. The molecule has 14 nitrogen and oxygen atoms in total. The van der Waals surface area contributed by atoms with Crippen LogP contribution in [0.25, 0.3) is 22.5 Å². The molecular formula is C58H74N2O12. The molecule has 1 saturated heterocycles. The molecule has 0 N–H and O–H groups in total. The first-order valence-electron chi connectivity index (χ1n) is 25.9. The minimum absolute atomic E-state index is 0.160. The van der Waals surface area contributed by atoms with E-state index in [9.17, 15) is 19.2 Å². The first-order chi connectivity index (χ1) is 35.3. The molecule has 0 aliphatic carbocycles. The number of pyridine rings is 2. The number of hydrogen-bond donors (Lipinski definition) is 0. The largest absolute Gasteiger partial charge is 0.492 e. The summed E-state index contributed by atoms with van der Waals surface area (Å²) in [7, 11) is 0. The van der Waals surface area contributed by atoms with Crippen molar-refractivity contribution in [2.75, 3.05) is 39.6 Å². The molecule has 0 spiro atoms. The van der Waals surface area contributed by atoms with Crippen molar-refractivity contribution in [2.24, 2.45) is 0 Å². The Labute approximate surface area is 425 Å².